The summed E-state index contributed by atoms with van der Waals surface area (Å²) in [4.78, 5) is 50.1. The average molecular weight is 483 g/mol. The molecule has 8 heteroatoms. The molecule has 2 rings (SSSR count). The van der Waals surface area contributed by atoms with E-state index in [-0.39, 0.29) is 12.5 Å². The topological polar surface area (TPSA) is 111 Å². The summed E-state index contributed by atoms with van der Waals surface area (Å²) >= 11 is 0. The summed E-state index contributed by atoms with van der Waals surface area (Å²) in [6, 6.07) is 12.8. The van der Waals surface area contributed by atoms with E-state index < -0.39 is 42.4 Å². The lowest BCUT2D eigenvalue weighted by Crippen LogP contribution is -2.51. The number of ketones is 1. The number of hydrogen-bond donors (Lipinski definition) is 2. The third kappa shape index (κ3) is 8.88. The van der Waals surface area contributed by atoms with Crippen molar-refractivity contribution in [3.8, 4) is 0 Å². The molecule has 0 bridgehead atoms. The molecule has 2 atom stereocenters. The van der Waals surface area contributed by atoms with Gasteiger partial charge in [-0.05, 0) is 49.8 Å². The lowest BCUT2D eigenvalue weighted by atomic mass is 10.00. The van der Waals surface area contributed by atoms with Gasteiger partial charge in [0.25, 0.3) is 0 Å². The van der Waals surface area contributed by atoms with Gasteiger partial charge in [0.2, 0.25) is 5.91 Å². The largest absolute Gasteiger partial charge is 0.454 e. The lowest BCUT2D eigenvalue weighted by molar-refractivity contribution is -0.130. The highest BCUT2D eigenvalue weighted by molar-refractivity contribution is 5.96. The van der Waals surface area contributed by atoms with Crippen molar-refractivity contribution in [2.75, 3.05) is 6.61 Å². The highest BCUT2D eigenvalue weighted by Crippen LogP contribution is 2.15. The predicted octanol–water partition coefficient (Wildman–Crippen LogP) is 3.88. The maximum Gasteiger partial charge on any atom is 0.408 e. The van der Waals surface area contributed by atoms with Gasteiger partial charge in [-0.3, -0.25) is 9.59 Å². The van der Waals surface area contributed by atoms with Crippen molar-refractivity contribution in [2.24, 2.45) is 5.92 Å². The van der Waals surface area contributed by atoms with Crippen LogP contribution in [-0.2, 0) is 25.7 Å². The van der Waals surface area contributed by atoms with Crippen LogP contribution in [0.3, 0.4) is 0 Å². The molecule has 0 unspecified atom stereocenters. The van der Waals surface area contributed by atoms with E-state index in [9.17, 15) is 19.2 Å². The van der Waals surface area contributed by atoms with Crippen LogP contribution in [0.1, 0.15) is 54.2 Å². The summed E-state index contributed by atoms with van der Waals surface area (Å²) in [5, 5.41) is 5.13. The van der Waals surface area contributed by atoms with E-state index in [1.165, 1.54) is 6.92 Å². The fourth-order valence-corrected chi connectivity index (χ4v) is 3.49. The number of hydrogen-bond acceptors (Lipinski definition) is 6. The van der Waals surface area contributed by atoms with Crippen molar-refractivity contribution in [1.82, 2.24) is 10.6 Å². The van der Waals surface area contributed by atoms with Crippen molar-refractivity contribution in [3.63, 3.8) is 0 Å². The van der Waals surface area contributed by atoms with Crippen molar-refractivity contribution < 1.29 is 28.7 Å². The van der Waals surface area contributed by atoms with Gasteiger partial charge in [0.1, 0.15) is 12.6 Å². The SMILES string of the molecule is Cc1cccc(C)c1C(=O)OCC(=O)[C@H](CC(C)C)NC(=O)[C@H](C)NC(=O)OCc1ccccc1. The van der Waals surface area contributed by atoms with Gasteiger partial charge in [-0.25, -0.2) is 9.59 Å². The van der Waals surface area contributed by atoms with Gasteiger partial charge < -0.3 is 20.1 Å². The molecule has 0 spiro atoms. The third-order valence-electron chi connectivity index (χ3n) is 5.38. The quantitative estimate of drug-likeness (QED) is 0.471. The summed E-state index contributed by atoms with van der Waals surface area (Å²) in [5.41, 5.74) is 2.76. The Hall–Kier alpha value is -3.68. The molecule has 0 radical (unpaired) electrons. The minimum absolute atomic E-state index is 0.0706. The van der Waals surface area contributed by atoms with Crippen LogP contribution in [0.25, 0.3) is 0 Å². The summed E-state index contributed by atoms with van der Waals surface area (Å²) in [6.07, 6.45) is -0.387. The normalized spacial score (nSPS) is 12.4. The van der Waals surface area contributed by atoms with Gasteiger partial charge >= 0.3 is 12.1 Å². The molecule has 188 valence electrons. The number of esters is 1. The van der Waals surface area contributed by atoms with Crippen molar-refractivity contribution >= 4 is 23.8 Å². The Morgan fingerprint density at radius 1 is 0.829 bits per heavy atom. The molecule has 2 aromatic carbocycles. The summed E-state index contributed by atoms with van der Waals surface area (Å²) in [6.45, 7) is 8.53. The first kappa shape index (κ1) is 27.6. The Morgan fingerprint density at radius 2 is 1.46 bits per heavy atom. The number of benzene rings is 2. The van der Waals surface area contributed by atoms with Crippen molar-refractivity contribution in [1.29, 1.82) is 0 Å². The first-order valence-electron chi connectivity index (χ1n) is 11.6. The second-order valence-corrected chi connectivity index (χ2v) is 8.93. The summed E-state index contributed by atoms with van der Waals surface area (Å²) in [7, 11) is 0. The maximum absolute atomic E-state index is 12.8. The van der Waals surface area contributed by atoms with E-state index in [0.717, 1.165) is 16.7 Å². The second kappa shape index (κ2) is 13.3. The zero-order valence-corrected chi connectivity index (χ0v) is 20.9. The van der Waals surface area contributed by atoms with Gasteiger partial charge in [-0.2, -0.15) is 0 Å². The van der Waals surface area contributed by atoms with Crippen LogP contribution in [0.2, 0.25) is 0 Å². The van der Waals surface area contributed by atoms with Crippen molar-refractivity contribution in [3.05, 3.63) is 70.8 Å². The van der Waals surface area contributed by atoms with Gasteiger partial charge in [-0.15, -0.1) is 0 Å². The van der Waals surface area contributed by atoms with E-state index in [1.807, 2.05) is 50.2 Å². The van der Waals surface area contributed by atoms with E-state index in [1.54, 1.807) is 26.0 Å². The monoisotopic (exact) mass is 482 g/mol. The van der Waals surface area contributed by atoms with E-state index in [4.69, 9.17) is 9.47 Å². The number of Topliss-reactive ketones (excluding diaryl/α,β-unsaturated/α-hetero) is 1. The summed E-state index contributed by atoms with van der Waals surface area (Å²) < 4.78 is 10.4. The molecular formula is C27H34N2O6. The fourth-order valence-electron chi connectivity index (χ4n) is 3.49. The van der Waals surface area contributed by atoms with Crippen LogP contribution >= 0.6 is 0 Å². The van der Waals surface area contributed by atoms with Gasteiger partial charge in [0, 0.05) is 0 Å². The highest BCUT2D eigenvalue weighted by atomic mass is 16.5. The minimum Gasteiger partial charge on any atom is -0.454 e. The molecule has 35 heavy (non-hydrogen) atoms. The number of aryl methyl sites for hydroxylation is 2. The number of rotatable bonds is 11. The maximum atomic E-state index is 12.8. The number of carbonyl (C=O) groups excluding carboxylic acids is 4. The van der Waals surface area contributed by atoms with E-state index in [2.05, 4.69) is 10.6 Å². The molecule has 0 aliphatic heterocycles. The van der Waals surface area contributed by atoms with Crippen molar-refractivity contribution in [2.45, 2.75) is 59.7 Å². The lowest BCUT2D eigenvalue weighted by Gasteiger charge is -2.22. The Kier molecular flexibility index (Phi) is 10.5. The van der Waals surface area contributed by atoms with Gasteiger partial charge in [0.15, 0.2) is 12.4 Å². The van der Waals surface area contributed by atoms with Gasteiger partial charge in [0.05, 0.1) is 11.6 Å². The van der Waals surface area contributed by atoms with E-state index >= 15 is 0 Å². The number of ether oxygens (including phenoxy) is 2. The molecule has 0 saturated heterocycles. The number of amides is 2. The van der Waals surface area contributed by atoms with E-state index in [0.29, 0.717) is 12.0 Å². The number of nitrogens with one attached hydrogen (secondary N) is 2. The molecule has 0 aliphatic rings. The average Bonchev–Trinajstić information content (AvgIpc) is 2.81. The smallest absolute Gasteiger partial charge is 0.408 e. The molecule has 0 heterocycles. The Labute approximate surface area is 206 Å². The summed E-state index contributed by atoms with van der Waals surface area (Å²) in [5.74, 6) is -1.45. The van der Waals surface area contributed by atoms with Gasteiger partial charge in [-0.1, -0.05) is 62.4 Å². The molecule has 0 aliphatic carbocycles. The van der Waals surface area contributed by atoms with Crippen LogP contribution in [0.15, 0.2) is 48.5 Å². The molecule has 0 saturated carbocycles. The van der Waals surface area contributed by atoms with Crippen LogP contribution in [-0.4, -0.2) is 42.4 Å². The molecule has 2 N–H and O–H groups in total. The molecule has 2 aromatic rings. The van der Waals surface area contributed by atoms with Crippen LogP contribution in [0.4, 0.5) is 4.79 Å². The first-order valence-corrected chi connectivity index (χ1v) is 11.6. The Balaban J connectivity index is 1.91. The van der Waals surface area contributed by atoms with Crippen LogP contribution in [0, 0.1) is 19.8 Å². The third-order valence-corrected chi connectivity index (χ3v) is 5.38. The highest BCUT2D eigenvalue weighted by Gasteiger charge is 2.26. The minimum atomic E-state index is -0.932. The standard InChI is InChI=1S/C27H34N2O6/c1-17(2)14-22(23(30)16-34-26(32)24-18(3)10-9-11-19(24)4)29-25(31)20(5)28-27(33)35-15-21-12-7-6-8-13-21/h6-13,17,20,22H,14-16H2,1-5H3,(H,28,33)(H,29,31)/t20-,22-/m0/s1. The Bertz CT molecular complexity index is 1010. The number of alkyl carbamates (subject to hydrolysis) is 1. The molecular weight excluding hydrogens is 448 g/mol. The fraction of sp³-hybridized carbons (Fsp3) is 0.407. The van der Waals surface area contributed by atoms with Crippen LogP contribution < -0.4 is 10.6 Å². The molecule has 8 nitrogen and oxygen atoms in total. The molecule has 2 amide bonds. The number of carbonyl (C=O) groups is 4. The zero-order valence-electron chi connectivity index (χ0n) is 20.9. The second-order valence-electron chi connectivity index (χ2n) is 8.93. The molecule has 0 aromatic heterocycles. The Morgan fingerprint density at radius 3 is 2.06 bits per heavy atom. The zero-order chi connectivity index (χ0) is 26.0. The predicted molar refractivity (Wildman–Crippen MR) is 132 cm³/mol. The molecule has 0 fully saturated rings. The first-order chi connectivity index (χ1) is 16.6. The van der Waals surface area contributed by atoms with Crippen LogP contribution in [0.5, 0.6) is 0 Å².